The first-order valence-corrected chi connectivity index (χ1v) is 9.60. The summed E-state index contributed by atoms with van der Waals surface area (Å²) in [6.45, 7) is 0. The number of hydrogen-bond donors (Lipinski definition) is 1. The molecule has 31 heavy (non-hydrogen) atoms. The standard InChI is InChI=1S/C24H21N5O2/c1-5-17-18-15-25-24(26-19-13-9-10-14-20(19)31-4)27-22(18)29(16-11-7-6-8-12-16)23(30)21(17)28(2)3/h1,6-15H,2-4H3,(H,25,26,27). The van der Waals surface area contributed by atoms with Crippen molar-refractivity contribution in [3.63, 3.8) is 0 Å². The number of aromatic nitrogens is 3. The maximum Gasteiger partial charge on any atom is 0.281 e. The smallest absolute Gasteiger partial charge is 0.281 e. The SMILES string of the molecule is C#Cc1c(N(C)C)c(=O)n(-c2ccccc2)c2nc(Nc3ccccc3OC)ncc12. The third-order valence-electron chi connectivity index (χ3n) is 4.85. The maximum atomic E-state index is 13.5. The van der Waals surface area contributed by atoms with Crippen LogP contribution in [0, 0.1) is 12.3 Å². The molecule has 4 aromatic rings. The number of nitrogens with one attached hydrogen (secondary N) is 1. The molecule has 154 valence electrons. The van der Waals surface area contributed by atoms with Crippen molar-refractivity contribution in [1.82, 2.24) is 14.5 Å². The molecule has 0 aliphatic rings. The molecule has 1 N–H and O–H groups in total. The molecular formula is C24H21N5O2. The van der Waals surface area contributed by atoms with Crippen LogP contribution in [0.3, 0.4) is 0 Å². The highest BCUT2D eigenvalue weighted by molar-refractivity contribution is 5.89. The zero-order valence-electron chi connectivity index (χ0n) is 17.5. The molecule has 0 saturated carbocycles. The van der Waals surface area contributed by atoms with Gasteiger partial charge in [0.25, 0.3) is 5.56 Å². The lowest BCUT2D eigenvalue weighted by Gasteiger charge is -2.19. The molecule has 2 heterocycles. The summed E-state index contributed by atoms with van der Waals surface area (Å²) in [6.07, 6.45) is 7.44. The van der Waals surface area contributed by atoms with Gasteiger partial charge in [-0.2, -0.15) is 4.98 Å². The van der Waals surface area contributed by atoms with Crippen LogP contribution < -0.4 is 20.5 Å². The number of rotatable bonds is 5. The summed E-state index contributed by atoms with van der Waals surface area (Å²) in [5.41, 5.74) is 2.43. The molecule has 0 radical (unpaired) electrons. The van der Waals surface area contributed by atoms with E-state index in [0.717, 1.165) is 0 Å². The number of terminal acetylenes is 1. The Morgan fingerprint density at radius 1 is 1.10 bits per heavy atom. The monoisotopic (exact) mass is 411 g/mol. The first kappa shape index (κ1) is 20.0. The van der Waals surface area contributed by atoms with Crippen LogP contribution in [0.2, 0.25) is 0 Å². The Labute approximate surface area is 180 Å². The van der Waals surface area contributed by atoms with Gasteiger partial charge in [0, 0.05) is 20.3 Å². The Morgan fingerprint density at radius 3 is 2.48 bits per heavy atom. The van der Waals surface area contributed by atoms with Gasteiger partial charge >= 0.3 is 0 Å². The van der Waals surface area contributed by atoms with Crippen molar-refractivity contribution < 1.29 is 4.74 Å². The van der Waals surface area contributed by atoms with E-state index in [-0.39, 0.29) is 5.56 Å². The van der Waals surface area contributed by atoms with E-state index in [2.05, 4.69) is 21.2 Å². The Hall–Kier alpha value is -4.31. The second-order valence-electron chi connectivity index (χ2n) is 6.99. The summed E-state index contributed by atoms with van der Waals surface area (Å²) in [5, 5.41) is 3.78. The fraction of sp³-hybridized carbons (Fsp3) is 0.125. The van der Waals surface area contributed by atoms with Gasteiger partial charge in [0.05, 0.1) is 29.4 Å². The highest BCUT2D eigenvalue weighted by atomic mass is 16.5. The number of nitrogens with zero attached hydrogens (tertiary/aromatic N) is 4. The van der Waals surface area contributed by atoms with Crippen molar-refractivity contribution >= 4 is 28.4 Å². The van der Waals surface area contributed by atoms with Gasteiger partial charge in [-0.1, -0.05) is 36.3 Å². The molecule has 2 aromatic heterocycles. The van der Waals surface area contributed by atoms with Gasteiger partial charge in [0.15, 0.2) is 5.65 Å². The summed E-state index contributed by atoms with van der Waals surface area (Å²) in [6, 6.07) is 16.8. The van der Waals surface area contributed by atoms with Crippen molar-refractivity contribution in [3.05, 3.63) is 76.7 Å². The number of para-hydroxylation sites is 3. The molecule has 2 aromatic carbocycles. The summed E-state index contributed by atoms with van der Waals surface area (Å²) in [5.74, 6) is 3.62. The zero-order valence-corrected chi connectivity index (χ0v) is 17.5. The van der Waals surface area contributed by atoms with E-state index in [0.29, 0.717) is 45.4 Å². The first-order chi connectivity index (χ1) is 15.0. The van der Waals surface area contributed by atoms with E-state index in [1.807, 2.05) is 54.6 Å². The van der Waals surface area contributed by atoms with Crippen LogP contribution in [0.5, 0.6) is 5.75 Å². The van der Waals surface area contributed by atoms with Crippen molar-refractivity contribution in [2.75, 3.05) is 31.4 Å². The van der Waals surface area contributed by atoms with Crippen molar-refractivity contribution in [2.24, 2.45) is 0 Å². The number of pyridine rings is 1. The van der Waals surface area contributed by atoms with Gasteiger partial charge in [-0.3, -0.25) is 9.36 Å². The summed E-state index contributed by atoms with van der Waals surface area (Å²) < 4.78 is 6.95. The molecule has 4 rings (SSSR count). The van der Waals surface area contributed by atoms with Crippen molar-refractivity contribution in [3.8, 4) is 23.8 Å². The van der Waals surface area contributed by atoms with Gasteiger partial charge < -0.3 is 15.0 Å². The normalized spacial score (nSPS) is 10.5. The van der Waals surface area contributed by atoms with Crippen LogP contribution in [0.15, 0.2) is 65.6 Å². The molecule has 0 aliphatic heterocycles. The highest BCUT2D eigenvalue weighted by Crippen LogP contribution is 2.28. The van der Waals surface area contributed by atoms with E-state index in [1.165, 1.54) is 0 Å². The van der Waals surface area contributed by atoms with Crippen molar-refractivity contribution in [2.45, 2.75) is 0 Å². The fourth-order valence-electron chi connectivity index (χ4n) is 3.46. The summed E-state index contributed by atoms with van der Waals surface area (Å²) in [4.78, 5) is 24.3. The van der Waals surface area contributed by atoms with E-state index in [4.69, 9.17) is 11.2 Å². The lowest BCUT2D eigenvalue weighted by molar-refractivity contribution is 0.417. The van der Waals surface area contributed by atoms with Gasteiger partial charge in [0.2, 0.25) is 5.95 Å². The zero-order chi connectivity index (χ0) is 22.0. The van der Waals surface area contributed by atoms with Crippen molar-refractivity contribution in [1.29, 1.82) is 0 Å². The molecule has 0 saturated heterocycles. The minimum absolute atomic E-state index is 0.251. The summed E-state index contributed by atoms with van der Waals surface area (Å²) >= 11 is 0. The lowest BCUT2D eigenvalue weighted by Crippen LogP contribution is -2.28. The Bertz CT molecular complexity index is 1350. The average Bonchev–Trinajstić information content (AvgIpc) is 2.79. The molecule has 0 amide bonds. The number of benzene rings is 2. The van der Waals surface area contributed by atoms with Crippen LogP contribution in [0.1, 0.15) is 5.56 Å². The molecule has 0 atom stereocenters. The van der Waals surface area contributed by atoms with Crippen LogP contribution in [0.4, 0.5) is 17.3 Å². The second-order valence-corrected chi connectivity index (χ2v) is 6.99. The number of anilines is 3. The van der Waals surface area contributed by atoms with Crippen LogP contribution >= 0.6 is 0 Å². The lowest BCUT2D eigenvalue weighted by atomic mass is 10.1. The number of methoxy groups -OCH3 is 1. The van der Waals surface area contributed by atoms with E-state index < -0.39 is 0 Å². The summed E-state index contributed by atoms with van der Waals surface area (Å²) in [7, 11) is 5.17. The van der Waals surface area contributed by atoms with E-state index >= 15 is 0 Å². The molecular weight excluding hydrogens is 390 g/mol. The minimum atomic E-state index is -0.251. The average molecular weight is 411 g/mol. The largest absolute Gasteiger partial charge is 0.495 e. The minimum Gasteiger partial charge on any atom is -0.495 e. The van der Waals surface area contributed by atoms with Crippen LogP contribution in [-0.4, -0.2) is 35.7 Å². The number of fused-ring (bicyclic) bond motifs is 1. The van der Waals surface area contributed by atoms with Gasteiger partial charge in [0.1, 0.15) is 11.4 Å². The second kappa shape index (κ2) is 8.20. The quantitative estimate of drug-likeness (QED) is 0.506. The topological polar surface area (TPSA) is 72.3 Å². The molecule has 7 nitrogen and oxygen atoms in total. The van der Waals surface area contributed by atoms with E-state index in [1.54, 1.807) is 36.9 Å². The molecule has 7 heteroatoms. The predicted molar refractivity (Wildman–Crippen MR) is 124 cm³/mol. The molecule has 0 fully saturated rings. The number of hydrogen-bond acceptors (Lipinski definition) is 6. The van der Waals surface area contributed by atoms with Gasteiger partial charge in [-0.05, 0) is 24.3 Å². The Morgan fingerprint density at radius 2 is 1.81 bits per heavy atom. The predicted octanol–water partition coefficient (Wildman–Crippen LogP) is 3.58. The molecule has 0 spiro atoms. The molecule has 0 aliphatic carbocycles. The Balaban J connectivity index is 2.01. The fourth-order valence-corrected chi connectivity index (χ4v) is 3.46. The third kappa shape index (κ3) is 3.55. The van der Waals surface area contributed by atoms with Gasteiger partial charge in [-0.25, -0.2) is 4.98 Å². The highest BCUT2D eigenvalue weighted by Gasteiger charge is 2.20. The maximum absolute atomic E-state index is 13.5. The van der Waals surface area contributed by atoms with Gasteiger partial charge in [-0.15, -0.1) is 6.42 Å². The first-order valence-electron chi connectivity index (χ1n) is 9.60. The Kier molecular flexibility index (Phi) is 5.29. The molecule has 0 bridgehead atoms. The third-order valence-corrected chi connectivity index (χ3v) is 4.85. The molecule has 0 unspecified atom stereocenters. The van der Waals surface area contributed by atoms with Crippen LogP contribution in [0.25, 0.3) is 16.7 Å². The number of ether oxygens (including phenoxy) is 1. The van der Waals surface area contributed by atoms with Crippen LogP contribution in [-0.2, 0) is 0 Å². The van der Waals surface area contributed by atoms with E-state index in [9.17, 15) is 4.79 Å².